The van der Waals surface area contributed by atoms with Gasteiger partial charge in [0.25, 0.3) is 0 Å². The van der Waals surface area contributed by atoms with Gasteiger partial charge in [0, 0.05) is 26.1 Å². The summed E-state index contributed by atoms with van der Waals surface area (Å²) in [5.74, 6) is 0.656. The van der Waals surface area contributed by atoms with Crippen molar-refractivity contribution in [2.75, 3.05) is 29.9 Å². The van der Waals surface area contributed by atoms with Gasteiger partial charge in [-0.1, -0.05) is 0 Å². The highest BCUT2D eigenvalue weighted by atomic mass is 16.2. The summed E-state index contributed by atoms with van der Waals surface area (Å²) < 4.78 is 1.69. The second-order valence-electron chi connectivity index (χ2n) is 5.49. The minimum absolute atomic E-state index is 0.00666. The van der Waals surface area contributed by atoms with Crippen molar-refractivity contribution in [1.29, 1.82) is 0 Å². The molecule has 9 nitrogen and oxygen atoms in total. The number of aryl methyl sites for hydroxylation is 1. The van der Waals surface area contributed by atoms with Crippen molar-refractivity contribution in [3.8, 4) is 0 Å². The van der Waals surface area contributed by atoms with Gasteiger partial charge >= 0.3 is 0 Å². The largest absolute Gasteiger partial charge is 0.353 e. The zero-order valence-electron chi connectivity index (χ0n) is 13.2. The Morgan fingerprint density at radius 2 is 2.29 bits per heavy atom. The molecule has 0 aliphatic carbocycles. The molecule has 3 heterocycles. The van der Waals surface area contributed by atoms with Gasteiger partial charge in [0.05, 0.1) is 18.4 Å². The SMILES string of the molecule is O=C1CN(c2ccc(NC(=O)CCCn3cncn3)cn2)CCN1. The van der Waals surface area contributed by atoms with Crippen molar-refractivity contribution in [1.82, 2.24) is 25.1 Å². The third-order valence-electron chi connectivity index (χ3n) is 3.65. The number of rotatable bonds is 6. The maximum Gasteiger partial charge on any atom is 0.239 e. The van der Waals surface area contributed by atoms with Gasteiger partial charge in [-0.25, -0.2) is 9.97 Å². The van der Waals surface area contributed by atoms with E-state index >= 15 is 0 Å². The first kappa shape index (κ1) is 15.9. The number of anilines is 2. The average molecular weight is 329 g/mol. The van der Waals surface area contributed by atoms with E-state index in [0.717, 1.165) is 12.4 Å². The quantitative estimate of drug-likeness (QED) is 0.774. The predicted molar refractivity (Wildman–Crippen MR) is 87.3 cm³/mol. The summed E-state index contributed by atoms with van der Waals surface area (Å²) in [4.78, 5) is 33.4. The standard InChI is InChI=1S/C15H19N7O2/c23-14(2-1-6-22-11-16-10-19-22)20-12-3-4-13(18-8-12)21-7-5-17-15(24)9-21/h3-4,8,10-11H,1-2,5-7,9H2,(H,17,24)(H,20,23). The summed E-state index contributed by atoms with van der Waals surface area (Å²) in [5.41, 5.74) is 0.644. The number of carbonyl (C=O) groups is 2. The second kappa shape index (κ2) is 7.53. The molecule has 1 aliphatic rings. The van der Waals surface area contributed by atoms with Crippen molar-refractivity contribution in [3.63, 3.8) is 0 Å². The Labute approximate surface area is 139 Å². The Bertz CT molecular complexity index is 684. The molecule has 0 bridgehead atoms. The number of nitrogens with zero attached hydrogens (tertiary/aromatic N) is 5. The molecular formula is C15H19N7O2. The smallest absolute Gasteiger partial charge is 0.239 e. The monoisotopic (exact) mass is 329 g/mol. The Balaban J connectivity index is 1.46. The van der Waals surface area contributed by atoms with Gasteiger partial charge in [-0.2, -0.15) is 5.10 Å². The molecule has 1 fully saturated rings. The normalized spacial score (nSPS) is 14.3. The Morgan fingerprint density at radius 1 is 1.38 bits per heavy atom. The lowest BCUT2D eigenvalue weighted by Gasteiger charge is -2.27. The number of aromatic nitrogens is 4. The lowest BCUT2D eigenvalue weighted by atomic mass is 10.3. The Kier molecular flexibility index (Phi) is 4.99. The highest BCUT2D eigenvalue weighted by Crippen LogP contribution is 2.15. The van der Waals surface area contributed by atoms with E-state index in [1.807, 2.05) is 11.0 Å². The van der Waals surface area contributed by atoms with Crippen LogP contribution in [0.1, 0.15) is 12.8 Å². The van der Waals surface area contributed by atoms with E-state index in [4.69, 9.17) is 0 Å². The first-order chi connectivity index (χ1) is 11.7. The van der Waals surface area contributed by atoms with Crippen molar-refractivity contribution >= 4 is 23.3 Å². The van der Waals surface area contributed by atoms with Crippen molar-refractivity contribution in [2.45, 2.75) is 19.4 Å². The molecule has 0 atom stereocenters. The predicted octanol–water partition coefficient (Wildman–Crippen LogP) is 0.0282. The molecule has 2 aromatic rings. The van der Waals surface area contributed by atoms with Crippen molar-refractivity contribution in [2.24, 2.45) is 0 Å². The number of nitrogens with one attached hydrogen (secondary N) is 2. The fourth-order valence-electron chi connectivity index (χ4n) is 2.45. The van der Waals surface area contributed by atoms with E-state index in [2.05, 4.69) is 25.7 Å². The van der Waals surface area contributed by atoms with Crippen LogP contribution in [0, 0.1) is 0 Å². The van der Waals surface area contributed by atoms with Crippen LogP contribution < -0.4 is 15.5 Å². The van der Waals surface area contributed by atoms with Gasteiger partial charge < -0.3 is 15.5 Å². The Hall–Kier alpha value is -2.97. The van der Waals surface area contributed by atoms with Crippen LogP contribution >= 0.6 is 0 Å². The lowest BCUT2D eigenvalue weighted by Crippen LogP contribution is -2.48. The van der Waals surface area contributed by atoms with Crippen LogP contribution in [0.3, 0.4) is 0 Å². The fourth-order valence-corrected chi connectivity index (χ4v) is 2.45. The van der Waals surface area contributed by atoms with E-state index in [-0.39, 0.29) is 11.8 Å². The van der Waals surface area contributed by atoms with Crippen LogP contribution in [0.5, 0.6) is 0 Å². The van der Waals surface area contributed by atoms with Gasteiger partial charge in [-0.05, 0) is 18.6 Å². The molecule has 2 aromatic heterocycles. The number of hydrogen-bond donors (Lipinski definition) is 2. The summed E-state index contributed by atoms with van der Waals surface area (Å²) in [7, 11) is 0. The summed E-state index contributed by atoms with van der Waals surface area (Å²) in [5, 5.41) is 9.58. The molecule has 0 spiro atoms. The second-order valence-corrected chi connectivity index (χ2v) is 5.49. The lowest BCUT2D eigenvalue weighted by molar-refractivity contribution is -0.120. The van der Waals surface area contributed by atoms with Crippen LogP contribution in [0.15, 0.2) is 31.0 Å². The van der Waals surface area contributed by atoms with Gasteiger partial charge in [-0.3, -0.25) is 14.3 Å². The maximum atomic E-state index is 11.9. The van der Waals surface area contributed by atoms with E-state index < -0.39 is 0 Å². The van der Waals surface area contributed by atoms with Gasteiger partial charge in [0.1, 0.15) is 18.5 Å². The molecule has 2 N–H and O–H groups in total. The minimum Gasteiger partial charge on any atom is -0.353 e. The summed E-state index contributed by atoms with van der Waals surface area (Å²) in [6.45, 7) is 2.31. The van der Waals surface area contributed by atoms with Gasteiger partial charge in [0.15, 0.2) is 0 Å². The molecule has 1 aliphatic heterocycles. The van der Waals surface area contributed by atoms with Gasteiger partial charge in [-0.15, -0.1) is 0 Å². The third-order valence-corrected chi connectivity index (χ3v) is 3.65. The van der Waals surface area contributed by atoms with Crippen molar-refractivity contribution < 1.29 is 9.59 Å². The van der Waals surface area contributed by atoms with Crippen LogP contribution in [0.4, 0.5) is 11.5 Å². The molecule has 1 saturated heterocycles. The van der Waals surface area contributed by atoms with Crippen molar-refractivity contribution in [3.05, 3.63) is 31.0 Å². The fraction of sp³-hybridized carbons (Fsp3) is 0.400. The maximum absolute atomic E-state index is 11.9. The highest BCUT2D eigenvalue weighted by Gasteiger charge is 2.17. The highest BCUT2D eigenvalue weighted by molar-refractivity contribution is 5.90. The van der Waals surface area contributed by atoms with Crippen LogP contribution in [0.2, 0.25) is 0 Å². The molecule has 9 heteroatoms. The first-order valence-corrected chi connectivity index (χ1v) is 7.81. The number of carbonyl (C=O) groups excluding carboxylic acids is 2. The zero-order chi connectivity index (χ0) is 16.8. The van der Waals surface area contributed by atoms with Gasteiger partial charge in [0.2, 0.25) is 11.8 Å². The molecule has 126 valence electrons. The number of amides is 2. The number of piperazine rings is 1. The number of hydrogen-bond acceptors (Lipinski definition) is 6. The van der Waals surface area contributed by atoms with E-state index in [0.29, 0.717) is 38.2 Å². The number of pyridine rings is 1. The van der Waals surface area contributed by atoms with Crippen LogP contribution in [0.25, 0.3) is 0 Å². The summed E-state index contributed by atoms with van der Waals surface area (Å²) in [6, 6.07) is 3.60. The molecule has 0 aromatic carbocycles. The molecule has 0 saturated carbocycles. The average Bonchev–Trinajstić information content (AvgIpc) is 3.09. The minimum atomic E-state index is -0.0676. The molecule has 0 radical (unpaired) electrons. The van der Waals surface area contributed by atoms with Crippen LogP contribution in [-0.2, 0) is 16.1 Å². The topological polar surface area (TPSA) is 105 Å². The summed E-state index contributed by atoms with van der Waals surface area (Å²) in [6.07, 6.45) is 5.79. The molecule has 0 unspecified atom stereocenters. The Morgan fingerprint density at radius 3 is 3.00 bits per heavy atom. The van der Waals surface area contributed by atoms with E-state index in [1.165, 1.54) is 6.33 Å². The first-order valence-electron chi connectivity index (χ1n) is 7.81. The molecule has 24 heavy (non-hydrogen) atoms. The van der Waals surface area contributed by atoms with E-state index in [9.17, 15) is 9.59 Å². The van der Waals surface area contributed by atoms with E-state index in [1.54, 1.807) is 23.3 Å². The summed E-state index contributed by atoms with van der Waals surface area (Å²) >= 11 is 0. The molecule has 2 amide bonds. The third kappa shape index (κ3) is 4.28. The van der Waals surface area contributed by atoms with Crippen LogP contribution in [-0.4, -0.2) is 51.2 Å². The molecule has 3 rings (SSSR count). The zero-order valence-corrected chi connectivity index (χ0v) is 13.2. The molecular weight excluding hydrogens is 310 g/mol.